The second kappa shape index (κ2) is 5.20. The first-order valence-electron chi connectivity index (χ1n) is 6.31. The number of aromatic nitrogens is 4. The Labute approximate surface area is 120 Å². The van der Waals surface area contributed by atoms with Crippen LogP contribution in [0.5, 0.6) is 0 Å². The van der Waals surface area contributed by atoms with Crippen molar-refractivity contribution in [2.45, 2.75) is 13.5 Å². The van der Waals surface area contributed by atoms with Gasteiger partial charge in [-0.15, -0.1) is 0 Å². The van der Waals surface area contributed by atoms with E-state index in [0.29, 0.717) is 5.69 Å². The lowest BCUT2D eigenvalue weighted by Crippen LogP contribution is -2.11. The number of carbonyl (C=O) groups is 1. The molecule has 3 rings (SSSR count). The minimum Gasteiger partial charge on any atom is -0.454 e. The van der Waals surface area contributed by atoms with E-state index in [0.717, 1.165) is 11.2 Å². The molecule has 0 radical (unpaired) electrons. The molecule has 3 aromatic rings. The van der Waals surface area contributed by atoms with Crippen molar-refractivity contribution in [3.05, 3.63) is 53.9 Å². The van der Waals surface area contributed by atoms with E-state index in [1.807, 2.05) is 35.9 Å². The van der Waals surface area contributed by atoms with E-state index in [1.165, 1.54) is 12.4 Å². The van der Waals surface area contributed by atoms with Crippen molar-refractivity contribution in [3.8, 4) is 0 Å². The lowest BCUT2D eigenvalue weighted by atomic mass is 10.3. The van der Waals surface area contributed by atoms with Gasteiger partial charge in [-0.05, 0) is 18.6 Å². The summed E-state index contributed by atoms with van der Waals surface area (Å²) >= 11 is 0. The van der Waals surface area contributed by atoms with Gasteiger partial charge in [0.2, 0.25) is 0 Å². The number of esters is 1. The topological polar surface area (TPSA) is 95.4 Å². The van der Waals surface area contributed by atoms with Crippen LogP contribution < -0.4 is 5.73 Å². The molecule has 0 bridgehead atoms. The number of aryl methyl sites for hydroxylation is 1. The molecular formula is C14H13N5O2. The molecule has 0 aliphatic rings. The standard InChI is InChI=1S/C14H13N5O2/c1-9-2-3-11-18-10(7-19(11)6-9)8-21-14(20)12-13(15)17-5-4-16-12/h2-7H,8H2,1H3,(H2,15,17). The van der Waals surface area contributed by atoms with Crippen molar-refractivity contribution in [2.24, 2.45) is 0 Å². The highest BCUT2D eigenvalue weighted by molar-refractivity contribution is 5.91. The van der Waals surface area contributed by atoms with E-state index in [4.69, 9.17) is 10.5 Å². The van der Waals surface area contributed by atoms with Crippen LogP contribution in [0.25, 0.3) is 5.65 Å². The van der Waals surface area contributed by atoms with Gasteiger partial charge in [0.25, 0.3) is 0 Å². The molecule has 0 unspecified atom stereocenters. The zero-order valence-electron chi connectivity index (χ0n) is 11.4. The Morgan fingerprint density at radius 3 is 2.90 bits per heavy atom. The number of hydrogen-bond donors (Lipinski definition) is 1. The zero-order chi connectivity index (χ0) is 14.8. The molecule has 0 amide bonds. The summed E-state index contributed by atoms with van der Waals surface area (Å²) in [5, 5.41) is 0. The van der Waals surface area contributed by atoms with Crippen LogP contribution in [0.3, 0.4) is 0 Å². The molecule has 2 N–H and O–H groups in total. The number of imidazole rings is 1. The molecule has 0 aromatic carbocycles. The molecule has 7 heteroatoms. The number of rotatable bonds is 3. The van der Waals surface area contributed by atoms with Gasteiger partial charge in [-0.2, -0.15) is 0 Å². The van der Waals surface area contributed by atoms with Gasteiger partial charge in [0.1, 0.15) is 12.3 Å². The first-order chi connectivity index (χ1) is 10.1. The van der Waals surface area contributed by atoms with Crippen LogP contribution in [0.2, 0.25) is 0 Å². The number of pyridine rings is 1. The lowest BCUT2D eigenvalue weighted by molar-refractivity contribution is 0.0462. The van der Waals surface area contributed by atoms with Gasteiger partial charge in [0, 0.05) is 24.8 Å². The molecule has 106 valence electrons. The number of carbonyl (C=O) groups excluding carboxylic acids is 1. The second-order valence-corrected chi connectivity index (χ2v) is 4.57. The Morgan fingerprint density at radius 1 is 1.29 bits per heavy atom. The zero-order valence-corrected chi connectivity index (χ0v) is 11.4. The monoisotopic (exact) mass is 283 g/mol. The Balaban J connectivity index is 1.74. The van der Waals surface area contributed by atoms with Crippen molar-refractivity contribution < 1.29 is 9.53 Å². The van der Waals surface area contributed by atoms with Crippen molar-refractivity contribution >= 4 is 17.4 Å². The SMILES string of the molecule is Cc1ccc2nc(COC(=O)c3nccnc3N)cn2c1. The highest BCUT2D eigenvalue weighted by atomic mass is 16.5. The molecule has 0 aliphatic heterocycles. The average Bonchev–Trinajstić information content (AvgIpc) is 2.87. The number of anilines is 1. The van der Waals surface area contributed by atoms with Gasteiger partial charge in [-0.25, -0.2) is 19.7 Å². The molecule has 0 spiro atoms. The van der Waals surface area contributed by atoms with Crippen molar-refractivity contribution in [2.75, 3.05) is 5.73 Å². The molecule has 0 aliphatic carbocycles. The lowest BCUT2D eigenvalue weighted by Gasteiger charge is -2.03. The van der Waals surface area contributed by atoms with E-state index in [2.05, 4.69) is 15.0 Å². The van der Waals surface area contributed by atoms with Gasteiger partial charge < -0.3 is 14.9 Å². The van der Waals surface area contributed by atoms with Crippen LogP contribution in [0.1, 0.15) is 21.7 Å². The Hall–Kier alpha value is -2.96. The summed E-state index contributed by atoms with van der Waals surface area (Å²) in [6.45, 7) is 2.05. The minimum absolute atomic E-state index is 0.0112. The second-order valence-electron chi connectivity index (χ2n) is 4.57. The largest absolute Gasteiger partial charge is 0.454 e. The minimum atomic E-state index is -0.617. The summed E-state index contributed by atoms with van der Waals surface area (Å²) < 4.78 is 7.04. The fourth-order valence-electron chi connectivity index (χ4n) is 1.94. The molecule has 0 saturated heterocycles. The van der Waals surface area contributed by atoms with Gasteiger partial charge in [0.05, 0.1) is 5.69 Å². The van der Waals surface area contributed by atoms with Crippen molar-refractivity contribution in [1.82, 2.24) is 19.4 Å². The van der Waals surface area contributed by atoms with E-state index >= 15 is 0 Å². The van der Waals surface area contributed by atoms with E-state index in [1.54, 1.807) is 0 Å². The normalized spacial score (nSPS) is 10.7. The van der Waals surface area contributed by atoms with Gasteiger partial charge in [-0.1, -0.05) is 6.07 Å². The maximum atomic E-state index is 11.9. The number of nitrogen functional groups attached to an aromatic ring is 1. The molecule has 3 heterocycles. The highest BCUT2D eigenvalue weighted by Gasteiger charge is 2.14. The number of ether oxygens (including phenoxy) is 1. The molecule has 7 nitrogen and oxygen atoms in total. The summed E-state index contributed by atoms with van der Waals surface area (Å²) in [5.41, 5.74) is 8.15. The number of hydrogen-bond acceptors (Lipinski definition) is 6. The first kappa shape index (κ1) is 13.0. The Morgan fingerprint density at radius 2 is 2.10 bits per heavy atom. The molecule has 0 saturated carbocycles. The van der Waals surface area contributed by atoms with Crippen LogP contribution in [-0.4, -0.2) is 25.3 Å². The summed E-state index contributed by atoms with van der Waals surface area (Å²) in [5.74, 6) is -0.568. The molecular weight excluding hydrogens is 270 g/mol. The fourth-order valence-corrected chi connectivity index (χ4v) is 1.94. The third-order valence-corrected chi connectivity index (χ3v) is 2.92. The van der Waals surface area contributed by atoms with Crippen molar-refractivity contribution in [1.29, 1.82) is 0 Å². The molecule has 0 atom stereocenters. The van der Waals surface area contributed by atoms with Gasteiger partial charge in [-0.3, -0.25) is 0 Å². The van der Waals surface area contributed by atoms with E-state index in [9.17, 15) is 4.79 Å². The fraction of sp³-hybridized carbons (Fsp3) is 0.143. The van der Waals surface area contributed by atoms with Crippen LogP contribution in [0.15, 0.2) is 36.9 Å². The summed E-state index contributed by atoms with van der Waals surface area (Å²) in [7, 11) is 0. The Kier molecular flexibility index (Phi) is 3.23. The molecule has 0 fully saturated rings. The smallest absolute Gasteiger partial charge is 0.361 e. The molecule has 21 heavy (non-hydrogen) atoms. The predicted molar refractivity (Wildman–Crippen MR) is 75.5 cm³/mol. The quantitative estimate of drug-likeness (QED) is 0.729. The third kappa shape index (κ3) is 2.66. The molecule has 3 aromatic heterocycles. The highest BCUT2D eigenvalue weighted by Crippen LogP contribution is 2.10. The number of nitrogens with two attached hydrogens (primary N) is 1. The maximum Gasteiger partial charge on any atom is 0.361 e. The van der Waals surface area contributed by atoms with Crippen molar-refractivity contribution in [3.63, 3.8) is 0 Å². The third-order valence-electron chi connectivity index (χ3n) is 2.92. The summed E-state index contributed by atoms with van der Waals surface area (Å²) in [6, 6.07) is 3.87. The first-order valence-corrected chi connectivity index (χ1v) is 6.31. The van der Waals surface area contributed by atoms with Crippen LogP contribution in [0, 0.1) is 6.92 Å². The summed E-state index contributed by atoms with van der Waals surface area (Å²) in [6.07, 6.45) is 6.57. The summed E-state index contributed by atoms with van der Waals surface area (Å²) in [4.78, 5) is 23.9. The number of fused-ring (bicyclic) bond motifs is 1. The Bertz CT molecular complexity index is 812. The van der Waals surface area contributed by atoms with Gasteiger partial charge >= 0.3 is 5.97 Å². The van der Waals surface area contributed by atoms with E-state index in [-0.39, 0.29) is 18.1 Å². The van der Waals surface area contributed by atoms with Crippen LogP contribution in [-0.2, 0) is 11.3 Å². The maximum absolute atomic E-state index is 11.9. The number of nitrogens with zero attached hydrogens (tertiary/aromatic N) is 4. The van der Waals surface area contributed by atoms with Crippen LogP contribution in [0.4, 0.5) is 5.82 Å². The van der Waals surface area contributed by atoms with Gasteiger partial charge in [0.15, 0.2) is 11.5 Å². The van der Waals surface area contributed by atoms with E-state index < -0.39 is 5.97 Å². The predicted octanol–water partition coefficient (Wildman–Crippen LogP) is 1.37. The van der Waals surface area contributed by atoms with Crippen LogP contribution >= 0.6 is 0 Å². The average molecular weight is 283 g/mol.